The van der Waals surface area contributed by atoms with Gasteiger partial charge in [0.25, 0.3) is 0 Å². The van der Waals surface area contributed by atoms with E-state index in [1.54, 1.807) is 0 Å². The minimum atomic E-state index is -0.241. The van der Waals surface area contributed by atoms with Crippen LogP contribution in [0.4, 0.5) is 0 Å². The van der Waals surface area contributed by atoms with E-state index in [4.69, 9.17) is 0 Å². The molecule has 0 aromatic rings. The topological polar surface area (TPSA) is 20.2 Å². The SMILES string of the molecule is C[C@@]1(O)C2C[C@@H]3C1[C@@H]3C2. The fraction of sp³-hybridized carbons (Fsp3) is 1.00. The molecule has 5 atom stereocenters. The highest BCUT2D eigenvalue weighted by Crippen LogP contribution is 2.74. The molecular formula is C8H12O. The van der Waals surface area contributed by atoms with Gasteiger partial charge in [-0.2, -0.15) is 0 Å². The molecule has 0 saturated heterocycles. The van der Waals surface area contributed by atoms with Gasteiger partial charge < -0.3 is 5.11 Å². The van der Waals surface area contributed by atoms with E-state index in [0.717, 1.165) is 17.8 Å². The molecule has 0 heterocycles. The molecule has 0 radical (unpaired) electrons. The largest absolute Gasteiger partial charge is 0.390 e. The highest BCUT2D eigenvalue weighted by molar-refractivity contribution is 5.22. The molecule has 0 aromatic carbocycles. The van der Waals surface area contributed by atoms with Crippen molar-refractivity contribution >= 4 is 0 Å². The van der Waals surface area contributed by atoms with Crippen LogP contribution in [0.3, 0.4) is 0 Å². The van der Waals surface area contributed by atoms with Crippen molar-refractivity contribution in [1.82, 2.24) is 0 Å². The molecule has 4 fully saturated rings. The van der Waals surface area contributed by atoms with Gasteiger partial charge in [0.05, 0.1) is 5.60 Å². The summed E-state index contributed by atoms with van der Waals surface area (Å²) < 4.78 is 0. The Kier molecular flexibility index (Phi) is 0.508. The Morgan fingerprint density at radius 2 is 1.89 bits per heavy atom. The van der Waals surface area contributed by atoms with E-state index in [9.17, 15) is 5.11 Å². The van der Waals surface area contributed by atoms with E-state index in [2.05, 4.69) is 0 Å². The highest BCUT2D eigenvalue weighted by atomic mass is 16.3. The summed E-state index contributed by atoms with van der Waals surface area (Å²) in [5.74, 6) is 3.30. The Morgan fingerprint density at radius 3 is 2.00 bits per heavy atom. The second-order valence-electron chi connectivity index (χ2n) is 4.25. The normalized spacial score (nSPS) is 75.3. The predicted molar refractivity (Wildman–Crippen MR) is 33.8 cm³/mol. The summed E-state index contributed by atoms with van der Waals surface area (Å²) >= 11 is 0. The summed E-state index contributed by atoms with van der Waals surface area (Å²) in [7, 11) is 0. The molecule has 0 amide bonds. The summed E-state index contributed by atoms with van der Waals surface area (Å²) in [5, 5.41) is 9.81. The number of hydrogen-bond donors (Lipinski definition) is 1. The first kappa shape index (κ1) is 4.73. The van der Waals surface area contributed by atoms with Gasteiger partial charge in [0.2, 0.25) is 0 Å². The zero-order chi connectivity index (χ0) is 6.22. The predicted octanol–water partition coefficient (Wildman–Crippen LogP) is 1.02. The van der Waals surface area contributed by atoms with Crippen LogP contribution in [0.1, 0.15) is 19.8 Å². The van der Waals surface area contributed by atoms with Crippen molar-refractivity contribution in [2.75, 3.05) is 0 Å². The third kappa shape index (κ3) is 0.315. The fourth-order valence-electron chi connectivity index (χ4n) is 3.46. The first-order valence-electron chi connectivity index (χ1n) is 3.93. The summed E-state index contributed by atoms with van der Waals surface area (Å²) in [4.78, 5) is 0. The van der Waals surface area contributed by atoms with E-state index >= 15 is 0 Å². The average molecular weight is 124 g/mol. The molecular weight excluding hydrogens is 112 g/mol. The minimum Gasteiger partial charge on any atom is -0.390 e. The van der Waals surface area contributed by atoms with Crippen molar-refractivity contribution in [2.45, 2.75) is 25.4 Å². The molecule has 2 unspecified atom stereocenters. The quantitative estimate of drug-likeness (QED) is 0.511. The lowest BCUT2D eigenvalue weighted by atomic mass is 9.95. The number of rotatable bonds is 0. The van der Waals surface area contributed by atoms with Crippen molar-refractivity contribution in [2.24, 2.45) is 23.7 Å². The van der Waals surface area contributed by atoms with Gasteiger partial charge >= 0.3 is 0 Å². The Balaban J connectivity index is 2.12. The Labute approximate surface area is 55.1 Å². The summed E-state index contributed by atoms with van der Waals surface area (Å²) in [6.45, 7) is 2.04. The zero-order valence-electron chi connectivity index (χ0n) is 5.67. The van der Waals surface area contributed by atoms with Crippen LogP contribution < -0.4 is 0 Å². The van der Waals surface area contributed by atoms with Gasteiger partial charge in [-0.05, 0) is 43.4 Å². The van der Waals surface area contributed by atoms with Crippen molar-refractivity contribution < 1.29 is 5.11 Å². The molecule has 9 heavy (non-hydrogen) atoms. The molecule has 1 N–H and O–H groups in total. The van der Waals surface area contributed by atoms with Gasteiger partial charge in [-0.1, -0.05) is 0 Å². The van der Waals surface area contributed by atoms with Crippen molar-refractivity contribution in [3.63, 3.8) is 0 Å². The Hall–Kier alpha value is -0.0400. The summed E-state index contributed by atoms with van der Waals surface area (Å²) in [5.41, 5.74) is -0.241. The van der Waals surface area contributed by atoms with Crippen LogP contribution in [-0.2, 0) is 0 Å². The molecule has 0 spiro atoms. The van der Waals surface area contributed by atoms with Gasteiger partial charge in [0, 0.05) is 0 Å². The molecule has 4 aliphatic rings. The van der Waals surface area contributed by atoms with Crippen molar-refractivity contribution in [3.8, 4) is 0 Å². The van der Waals surface area contributed by atoms with Gasteiger partial charge in [0.15, 0.2) is 0 Å². The van der Waals surface area contributed by atoms with Gasteiger partial charge in [0.1, 0.15) is 0 Å². The Morgan fingerprint density at radius 1 is 1.33 bits per heavy atom. The van der Waals surface area contributed by atoms with Crippen LogP contribution in [0.15, 0.2) is 0 Å². The van der Waals surface area contributed by atoms with Gasteiger partial charge in [-0.15, -0.1) is 0 Å². The average Bonchev–Trinajstić information content (AvgIpc) is 2.17. The third-order valence-electron chi connectivity index (χ3n) is 3.95. The lowest BCUT2D eigenvalue weighted by Crippen LogP contribution is -2.28. The van der Waals surface area contributed by atoms with E-state index in [1.807, 2.05) is 6.92 Å². The Bertz CT molecular complexity index is 157. The minimum absolute atomic E-state index is 0.241. The first-order chi connectivity index (χ1) is 4.21. The summed E-state index contributed by atoms with van der Waals surface area (Å²) in [6, 6.07) is 0. The highest BCUT2D eigenvalue weighted by Gasteiger charge is 2.73. The van der Waals surface area contributed by atoms with Crippen LogP contribution in [0.5, 0.6) is 0 Å². The maximum absolute atomic E-state index is 9.81. The van der Waals surface area contributed by atoms with E-state index in [1.165, 1.54) is 12.8 Å². The second kappa shape index (κ2) is 0.968. The third-order valence-corrected chi connectivity index (χ3v) is 3.95. The molecule has 1 heteroatoms. The maximum Gasteiger partial charge on any atom is 0.0681 e. The molecule has 1 nitrogen and oxygen atoms in total. The van der Waals surface area contributed by atoms with E-state index in [-0.39, 0.29) is 5.60 Å². The maximum atomic E-state index is 9.81. The van der Waals surface area contributed by atoms with E-state index in [0.29, 0.717) is 5.92 Å². The summed E-state index contributed by atoms with van der Waals surface area (Å²) in [6.07, 6.45) is 2.67. The number of hydrogen-bond acceptors (Lipinski definition) is 1. The lowest BCUT2D eigenvalue weighted by molar-refractivity contribution is 0.0213. The monoisotopic (exact) mass is 124 g/mol. The number of aliphatic hydroxyl groups is 1. The van der Waals surface area contributed by atoms with Crippen LogP contribution in [0.2, 0.25) is 0 Å². The van der Waals surface area contributed by atoms with Crippen LogP contribution >= 0.6 is 0 Å². The molecule has 0 aliphatic heterocycles. The second-order valence-corrected chi connectivity index (χ2v) is 4.25. The molecule has 0 aromatic heterocycles. The van der Waals surface area contributed by atoms with E-state index < -0.39 is 0 Å². The van der Waals surface area contributed by atoms with Gasteiger partial charge in [-0.25, -0.2) is 0 Å². The first-order valence-corrected chi connectivity index (χ1v) is 3.93. The standard InChI is InChI=1S/C8H12O/c1-8(9)4-2-5-6(3-4)7(5)8/h4-7,9H,2-3H2,1H3/t4?,5-,6+,7?,8-/m1/s1. The van der Waals surface area contributed by atoms with Gasteiger partial charge in [-0.3, -0.25) is 0 Å². The van der Waals surface area contributed by atoms with Crippen molar-refractivity contribution in [1.29, 1.82) is 0 Å². The lowest BCUT2D eigenvalue weighted by Gasteiger charge is -2.20. The van der Waals surface area contributed by atoms with Crippen LogP contribution in [-0.4, -0.2) is 10.7 Å². The molecule has 4 saturated carbocycles. The van der Waals surface area contributed by atoms with Crippen LogP contribution in [0.25, 0.3) is 0 Å². The smallest absolute Gasteiger partial charge is 0.0681 e. The zero-order valence-corrected chi connectivity index (χ0v) is 5.67. The molecule has 50 valence electrons. The molecule has 4 aliphatic carbocycles. The molecule has 4 rings (SSSR count). The molecule has 4 bridgehead atoms. The van der Waals surface area contributed by atoms with Crippen molar-refractivity contribution in [3.05, 3.63) is 0 Å². The van der Waals surface area contributed by atoms with Crippen LogP contribution in [0, 0.1) is 23.7 Å². The fourth-order valence-corrected chi connectivity index (χ4v) is 3.46.